The summed E-state index contributed by atoms with van der Waals surface area (Å²) in [6.45, 7) is 1.84. The molecule has 0 N–H and O–H groups in total. The zero-order valence-corrected chi connectivity index (χ0v) is 14.8. The van der Waals surface area contributed by atoms with Crippen LogP contribution in [0.5, 0.6) is 5.75 Å². The van der Waals surface area contributed by atoms with Crippen molar-refractivity contribution in [3.8, 4) is 22.8 Å². The summed E-state index contributed by atoms with van der Waals surface area (Å²) in [5.41, 5.74) is 2.77. The van der Waals surface area contributed by atoms with E-state index in [9.17, 15) is 4.39 Å². The lowest BCUT2D eigenvalue weighted by Crippen LogP contribution is -2.00. The lowest BCUT2D eigenvalue weighted by atomic mass is 10.2. The van der Waals surface area contributed by atoms with Gasteiger partial charge in [0, 0.05) is 5.56 Å². The number of aryl methyl sites for hydroxylation is 1. The molecule has 0 aliphatic heterocycles. The van der Waals surface area contributed by atoms with Crippen LogP contribution in [0, 0.1) is 12.7 Å². The highest BCUT2D eigenvalue weighted by Crippen LogP contribution is 2.29. The number of aromatic nitrogens is 4. The quantitative estimate of drug-likeness (QED) is 0.496. The molecular weight excluding hydrogens is 355 g/mol. The Morgan fingerprint density at radius 1 is 1.00 bits per heavy atom. The number of halogens is 2. The molecular formula is C19H14ClFN4O. The monoisotopic (exact) mass is 368 g/mol. The summed E-state index contributed by atoms with van der Waals surface area (Å²) in [7, 11) is 1.61. The molecule has 0 radical (unpaired) electrons. The summed E-state index contributed by atoms with van der Waals surface area (Å²) >= 11 is 6.41. The lowest BCUT2D eigenvalue weighted by Gasteiger charge is -2.06. The number of nitrogens with zero attached hydrogens (tertiary/aromatic N) is 4. The van der Waals surface area contributed by atoms with E-state index in [4.69, 9.17) is 16.3 Å². The van der Waals surface area contributed by atoms with Crippen molar-refractivity contribution in [3.63, 3.8) is 0 Å². The van der Waals surface area contributed by atoms with E-state index < -0.39 is 0 Å². The van der Waals surface area contributed by atoms with Gasteiger partial charge in [0.2, 0.25) is 0 Å². The maximum absolute atomic E-state index is 13.2. The van der Waals surface area contributed by atoms with E-state index in [0.29, 0.717) is 33.4 Å². The van der Waals surface area contributed by atoms with Gasteiger partial charge in [-0.3, -0.25) is 0 Å². The van der Waals surface area contributed by atoms with Gasteiger partial charge in [0.25, 0.3) is 0 Å². The van der Waals surface area contributed by atoms with Gasteiger partial charge in [0.15, 0.2) is 11.5 Å². The fourth-order valence-corrected chi connectivity index (χ4v) is 3.07. The first-order valence-electron chi connectivity index (χ1n) is 7.90. The highest BCUT2D eigenvalue weighted by molar-refractivity contribution is 6.34. The van der Waals surface area contributed by atoms with Crippen LogP contribution in [0.4, 0.5) is 4.39 Å². The molecule has 7 heteroatoms. The van der Waals surface area contributed by atoms with E-state index in [1.807, 2.05) is 31.2 Å². The van der Waals surface area contributed by atoms with Crippen LogP contribution in [-0.2, 0) is 0 Å². The standard InChI is InChI=1S/C19H14ClFN4O/c1-11-16-17(20)22-18(12-3-9-15(26-2)10-4-12)23-19(16)25(24-11)14-7-5-13(21)6-8-14/h3-10H,1-2H3. The van der Waals surface area contributed by atoms with Gasteiger partial charge in [-0.15, -0.1) is 0 Å². The van der Waals surface area contributed by atoms with Crippen LogP contribution in [0.2, 0.25) is 5.15 Å². The van der Waals surface area contributed by atoms with Crippen LogP contribution in [0.15, 0.2) is 48.5 Å². The minimum atomic E-state index is -0.312. The topological polar surface area (TPSA) is 52.8 Å². The van der Waals surface area contributed by atoms with Gasteiger partial charge in [-0.1, -0.05) is 11.6 Å². The summed E-state index contributed by atoms with van der Waals surface area (Å²) in [4.78, 5) is 9.06. The predicted octanol–water partition coefficient (Wildman–Crippen LogP) is 4.59. The van der Waals surface area contributed by atoms with Crippen molar-refractivity contribution in [3.05, 3.63) is 65.2 Å². The molecule has 4 aromatic rings. The van der Waals surface area contributed by atoms with Gasteiger partial charge in [0.05, 0.1) is 23.9 Å². The smallest absolute Gasteiger partial charge is 0.168 e. The average Bonchev–Trinajstić information content (AvgIpc) is 2.99. The van der Waals surface area contributed by atoms with E-state index >= 15 is 0 Å². The highest BCUT2D eigenvalue weighted by atomic mass is 35.5. The van der Waals surface area contributed by atoms with Crippen LogP contribution in [0.1, 0.15) is 5.69 Å². The van der Waals surface area contributed by atoms with Crippen molar-refractivity contribution in [1.29, 1.82) is 0 Å². The Morgan fingerprint density at radius 3 is 2.35 bits per heavy atom. The fraction of sp³-hybridized carbons (Fsp3) is 0.105. The molecule has 0 spiro atoms. The van der Waals surface area contributed by atoms with Crippen molar-refractivity contribution in [1.82, 2.24) is 19.7 Å². The normalized spacial score (nSPS) is 11.1. The molecule has 5 nitrogen and oxygen atoms in total. The molecule has 0 saturated heterocycles. The number of hydrogen-bond acceptors (Lipinski definition) is 4. The Bertz CT molecular complexity index is 1090. The summed E-state index contributed by atoms with van der Waals surface area (Å²) in [5.74, 6) is 0.912. The number of hydrogen-bond donors (Lipinski definition) is 0. The maximum atomic E-state index is 13.2. The summed E-state index contributed by atoms with van der Waals surface area (Å²) < 4.78 is 20.1. The average molecular weight is 369 g/mol. The Hall–Kier alpha value is -2.99. The zero-order chi connectivity index (χ0) is 18.3. The third-order valence-corrected chi connectivity index (χ3v) is 4.35. The molecule has 0 aliphatic rings. The van der Waals surface area contributed by atoms with Crippen molar-refractivity contribution < 1.29 is 9.13 Å². The molecule has 0 bridgehead atoms. The number of fused-ring (bicyclic) bond motifs is 1. The summed E-state index contributed by atoms with van der Waals surface area (Å²) in [5, 5.41) is 5.50. The fourth-order valence-electron chi connectivity index (χ4n) is 2.77. The van der Waals surface area contributed by atoms with E-state index in [-0.39, 0.29) is 5.82 Å². The molecule has 0 aliphatic carbocycles. The van der Waals surface area contributed by atoms with Crippen molar-refractivity contribution in [2.75, 3.05) is 7.11 Å². The first kappa shape index (κ1) is 16.5. The Kier molecular flexibility index (Phi) is 4.05. The van der Waals surface area contributed by atoms with Crippen molar-refractivity contribution >= 4 is 22.6 Å². The third-order valence-electron chi connectivity index (χ3n) is 4.08. The third kappa shape index (κ3) is 2.78. The van der Waals surface area contributed by atoms with Gasteiger partial charge < -0.3 is 4.74 Å². The molecule has 2 aromatic heterocycles. The molecule has 0 amide bonds. The van der Waals surface area contributed by atoms with E-state index in [0.717, 1.165) is 11.3 Å². The molecule has 2 heterocycles. The minimum absolute atomic E-state index is 0.312. The first-order valence-corrected chi connectivity index (χ1v) is 8.28. The Balaban J connectivity index is 1.91. The van der Waals surface area contributed by atoms with E-state index in [1.165, 1.54) is 12.1 Å². The van der Waals surface area contributed by atoms with Gasteiger partial charge in [-0.05, 0) is 55.5 Å². The number of ether oxygens (including phenoxy) is 1. The van der Waals surface area contributed by atoms with Crippen LogP contribution < -0.4 is 4.74 Å². The largest absolute Gasteiger partial charge is 0.497 e. The minimum Gasteiger partial charge on any atom is -0.497 e. The van der Waals surface area contributed by atoms with Crippen LogP contribution in [-0.4, -0.2) is 26.9 Å². The van der Waals surface area contributed by atoms with Crippen LogP contribution in [0.25, 0.3) is 28.1 Å². The van der Waals surface area contributed by atoms with Gasteiger partial charge in [0.1, 0.15) is 16.7 Å². The molecule has 4 rings (SSSR count). The molecule has 0 saturated carbocycles. The number of methoxy groups -OCH3 is 1. The Labute approximate surface area is 154 Å². The Morgan fingerprint density at radius 2 is 1.69 bits per heavy atom. The molecule has 130 valence electrons. The molecule has 0 atom stereocenters. The van der Waals surface area contributed by atoms with E-state index in [1.54, 1.807) is 23.9 Å². The summed E-state index contributed by atoms with van der Waals surface area (Å²) in [6.07, 6.45) is 0. The molecule has 26 heavy (non-hydrogen) atoms. The van der Waals surface area contributed by atoms with Crippen molar-refractivity contribution in [2.45, 2.75) is 6.92 Å². The second kappa shape index (κ2) is 6.38. The van der Waals surface area contributed by atoms with Crippen molar-refractivity contribution in [2.24, 2.45) is 0 Å². The second-order valence-electron chi connectivity index (χ2n) is 5.74. The predicted molar refractivity (Wildman–Crippen MR) is 98.4 cm³/mol. The van der Waals surface area contributed by atoms with Crippen LogP contribution in [0.3, 0.4) is 0 Å². The SMILES string of the molecule is COc1ccc(-c2nc(Cl)c3c(C)nn(-c4ccc(F)cc4)c3n2)cc1. The maximum Gasteiger partial charge on any atom is 0.168 e. The first-order chi connectivity index (χ1) is 12.6. The molecule has 2 aromatic carbocycles. The van der Waals surface area contributed by atoms with E-state index in [2.05, 4.69) is 15.1 Å². The highest BCUT2D eigenvalue weighted by Gasteiger charge is 2.17. The van der Waals surface area contributed by atoms with Gasteiger partial charge >= 0.3 is 0 Å². The van der Waals surface area contributed by atoms with Crippen LogP contribution >= 0.6 is 11.6 Å². The molecule has 0 fully saturated rings. The number of benzene rings is 2. The van der Waals surface area contributed by atoms with Gasteiger partial charge in [-0.25, -0.2) is 19.0 Å². The lowest BCUT2D eigenvalue weighted by molar-refractivity contribution is 0.415. The second-order valence-corrected chi connectivity index (χ2v) is 6.10. The molecule has 0 unspecified atom stereocenters. The summed E-state index contributed by atoms with van der Waals surface area (Å²) in [6, 6.07) is 13.4. The number of rotatable bonds is 3. The van der Waals surface area contributed by atoms with Gasteiger partial charge in [-0.2, -0.15) is 5.10 Å². The zero-order valence-electron chi connectivity index (χ0n) is 14.1.